The molecule has 0 spiro atoms. The Morgan fingerprint density at radius 1 is 1.42 bits per heavy atom. The lowest BCUT2D eigenvalue weighted by Gasteiger charge is -2.36. The summed E-state index contributed by atoms with van der Waals surface area (Å²) in [4.78, 5) is 17.8. The van der Waals surface area contributed by atoms with Crippen LogP contribution in [0.25, 0.3) is 0 Å². The van der Waals surface area contributed by atoms with Gasteiger partial charge < -0.3 is 10.0 Å². The fourth-order valence-corrected chi connectivity index (χ4v) is 2.95. The summed E-state index contributed by atoms with van der Waals surface area (Å²) in [5, 5.41) is 9.72. The fourth-order valence-electron chi connectivity index (χ4n) is 2.80. The van der Waals surface area contributed by atoms with Crippen LogP contribution in [-0.2, 0) is 0 Å². The van der Waals surface area contributed by atoms with Gasteiger partial charge in [0, 0.05) is 13.1 Å². The van der Waals surface area contributed by atoms with Gasteiger partial charge in [0.25, 0.3) is 0 Å². The van der Waals surface area contributed by atoms with E-state index >= 15 is 0 Å². The predicted molar refractivity (Wildman–Crippen MR) is 76.1 cm³/mol. The van der Waals surface area contributed by atoms with Crippen LogP contribution < -0.4 is 4.90 Å². The maximum absolute atomic E-state index is 11.4. The standard InChI is InChI=1S/C14H19ClN2O2/c1-8-4-9(2)7-17(6-8)13-11(14(18)19)5-12(15)10(3)16-13/h5,8-9H,4,6-7H2,1-3H3,(H,18,19)/t8-,9+. The normalized spacial score (nSPS) is 23.5. The first-order valence-electron chi connectivity index (χ1n) is 6.54. The van der Waals surface area contributed by atoms with E-state index in [4.69, 9.17) is 11.6 Å². The Balaban J connectivity index is 2.42. The average Bonchev–Trinajstić information content (AvgIpc) is 2.30. The number of halogens is 1. The monoisotopic (exact) mass is 282 g/mol. The summed E-state index contributed by atoms with van der Waals surface area (Å²) in [6.45, 7) is 7.86. The van der Waals surface area contributed by atoms with Crippen molar-refractivity contribution in [1.29, 1.82) is 0 Å². The molecule has 0 unspecified atom stereocenters. The van der Waals surface area contributed by atoms with E-state index in [0.717, 1.165) is 13.1 Å². The van der Waals surface area contributed by atoms with E-state index in [1.807, 2.05) is 0 Å². The first kappa shape index (κ1) is 14.1. The molecular weight excluding hydrogens is 264 g/mol. The second kappa shape index (κ2) is 5.37. The lowest BCUT2D eigenvalue weighted by molar-refractivity contribution is 0.0697. The number of rotatable bonds is 2. The van der Waals surface area contributed by atoms with Crippen LogP contribution in [0.2, 0.25) is 5.02 Å². The third-order valence-corrected chi connectivity index (χ3v) is 3.91. The van der Waals surface area contributed by atoms with Crippen molar-refractivity contribution in [1.82, 2.24) is 4.98 Å². The molecule has 104 valence electrons. The van der Waals surface area contributed by atoms with E-state index in [2.05, 4.69) is 23.7 Å². The highest BCUT2D eigenvalue weighted by molar-refractivity contribution is 6.31. The number of carboxylic acid groups (broad SMARTS) is 1. The van der Waals surface area contributed by atoms with E-state index in [1.54, 1.807) is 6.92 Å². The summed E-state index contributed by atoms with van der Waals surface area (Å²) < 4.78 is 0. The molecule has 1 aromatic rings. The highest BCUT2D eigenvalue weighted by Gasteiger charge is 2.26. The topological polar surface area (TPSA) is 53.4 Å². The number of aromatic carboxylic acids is 1. The number of carbonyl (C=O) groups is 1. The van der Waals surface area contributed by atoms with E-state index in [1.165, 1.54) is 12.5 Å². The Morgan fingerprint density at radius 2 is 2.00 bits per heavy atom. The molecular formula is C14H19ClN2O2. The Labute approximate surface area is 118 Å². The van der Waals surface area contributed by atoms with Crippen LogP contribution in [0.5, 0.6) is 0 Å². The number of aryl methyl sites for hydroxylation is 1. The van der Waals surface area contributed by atoms with Crippen LogP contribution in [0, 0.1) is 18.8 Å². The van der Waals surface area contributed by atoms with Crippen LogP contribution in [0.1, 0.15) is 36.3 Å². The number of nitrogens with zero attached hydrogens (tertiary/aromatic N) is 2. The summed E-state index contributed by atoms with van der Waals surface area (Å²) in [5.74, 6) is 0.662. The van der Waals surface area contributed by atoms with Crippen LogP contribution in [0.3, 0.4) is 0 Å². The molecule has 1 aromatic heterocycles. The molecule has 2 atom stereocenters. The fraction of sp³-hybridized carbons (Fsp3) is 0.571. The Kier molecular flexibility index (Phi) is 3.99. The minimum Gasteiger partial charge on any atom is -0.478 e. The van der Waals surface area contributed by atoms with Crippen LogP contribution in [0.15, 0.2) is 6.07 Å². The van der Waals surface area contributed by atoms with Crippen molar-refractivity contribution in [2.24, 2.45) is 11.8 Å². The van der Waals surface area contributed by atoms with Crippen molar-refractivity contribution in [3.05, 3.63) is 22.3 Å². The molecule has 1 N–H and O–H groups in total. The number of hydrogen-bond donors (Lipinski definition) is 1. The van der Waals surface area contributed by atoms with Gasteiger partial charge in [0.05, 0.1) is 10.7 Å². The zero-order chi connectivity index (χ0) is 14.2. The van der Waals surface area contributed by atoms with Crippen LogP contribution in [0.4, 0.5) is 5.82 Å². The summed E-state index contributed by atoms with van der Waals surface area (Å²) in [6.07, 6.45) is 1.17. The molecule has 0 radical (unpaired) electrons. The minimum atomic E-state index is -0.977. The number of hydrogen-bond acceptors (Lipinski definition) is 3. The SMILES string of the molecule is Cc1nc(N2C[C@H](C)C[C@H](C)C2)c(C(=O)O)cc1Cl. The van der Waals surface area contributed by atoms with Crippen molar-refractivity contribution < 1.29 is 9.90 Å². The van der Waals surface area contributed by atoms with Crippen molar-refractivity contribution in [2.75, 3.05) is 18.0 Å². The number of anilines is 1. The molecule has 0 aliphatic carbocycles. The number of aromatic nitrogens is 1. The number of carboxylic acids is 1. The molecule has 0 bridgehead atoms. The van der Waals surface area contributed by atoms with Crippen molar-refractivity contribution in [3.63, 3.8) is 0 Å². The second-order valence-electron chi connectivity index (χ2n) is 5.58. The van der Waals surface area contributed by atoms with Gasteiger partial charge >= 0.3 is 5.97 Å². The first-order chi connectivity index (χ1) is 8.88. The highest BCUT2D eigenvalue weighted by Crippen LogP contribution is 2.29. The van der Waals surface area contributed by atoms with Gasteiger partial charge in [-0.25, -0.2) is 9.78 Å². The van der Waals surface area contributed by atoms with Gasteiger partial charge in [-0.05, 0) is 31.2 Å². The molecule has 1 saturated heterocycles. The zero-order valence-electron chi connectivity index (χ0n) is 11.5. The lowest BCUT2D eigenvalue weighted by Crippen LogP contribution is -2.40. The van der Waals surface area contributed by atoms with E-state index in [-0.39, 0.29) is 5.56 Å². The van der Waals surface area contributed by atoms with Gasteiger partial charge in [-0.1, -0.05) is 25.4 Å². The average molecular weight is 283 g/mol. The van der Waals surface area contributed by atoms with E-state index < -0.39 is 5.97 Å². The van der Waals surface area contributed by atoms with Crippen molar-refractivity contribution in [2.45, 2.75) is 27.2 Å². The van der Waals surface area contributed by atoms with Gasteiger partial charge in [0.15, 0.2) is 0 Å². The largest absolute Gasteiger partial charge is 0.478 e. The molecule has 2 heterocycles. The molecule has 1 aliphatic heterocycles. The molecule has 5 heteroatoms. The van der Waals surface area contributed by atoms with Crippen molar-refractivity contribution in [3.8, 4) is 0 Å². The molecule has 19 heavy (non-hydrogen) atoms. The Bertz CT molecular complexity index is 494. The summed E-state index contributed by atoms with van der Waals surface area (Å²) >= 11 is 5.98. The number of pyridine rings is 1. The second-order valence-corrected chi connectivity index (χ2v) is 5.99. The summed E-state index contributed by atoms with van der Waals surface area (Å²) in [5.41, 5.74) is 0.865. The predicted octanol–water partition coefficient (Wildman–Crippen LogP) is 3.22. The molecule has 1 aliphatic rings. The van der Waals surface area contributed by atoms with Gasteiger partial charge in [-0.2, -0.15) is 0 Å². The van der Waals surface area contributed by atoms with Crippen molar-refractivity contribution >= 4 is 23.4 Å². The summed E-state index contributed by atoms with van der Waals surface area (Å²) in [6, 6.07) is 1.51. The van der Waals surface area contributed by atoms with Gasteiger partial charge in [0.2, 0.25) is 0 Å². The van der Waals surface area contributed by atoms with Crippen LogP contribution in [-0.4, -0.2) is 29.1 Å². The Morgan fingerprint density at radius 3 is 2.53 bits per heavy atom. The molecule has 2 rings (SSSR count). The summed E-state index contributed by atoms with van der Waals surface area (Å²) in [7, 11) is 0. The first-order valence-corrected chi connectivity index (χ1v) is 6.91. The van der Waals surface area contributed by atoms with Gasteiger partial charge in [-0.3, -0.25) is 0 Å². The lowest BCUT2D eigenvalue weighted by atomic mass is 9.91. The molecule has 4 nitrogen and oxygen atoms in total. The number of piperidine rings is 1. The van der Waals surface area contributed by atoms with Gasteiger partial charge in [-0.15, -0.1) is 0 Å². The minimum absolute atomic E-state index is 0.192. The van der Waals surface area contributed by atoms with Crippen LogP contribution >= 0.6 is 11.6 Å². The van der Waals surface area contributed by atoms with E-state index in [9.17, 15) is 9.90 Å². The molecule has 0 amide bonds. The zero-order valence-corrected chi connectivity index (χ0v) is 12.2. The maximum atomic E-state index is 11.4. The molecule has 0 saturated carbocycles. The third-order valence-electron chi connectivity index (χ3n) is 3.53. The maximum Gasteiger partial charge on any atom is 0.339 e. The Hall–Kier alpha value is -1.29. The molecule has 1 fully saturated rings. The third kappa shape index (κ3) is 3.00. The quantitative estimate of drug-likeness (QED) is 0.905. The smallest absolute Gasteiger partial charge is 0.339 e. The molecule has 0 aromatic carbocycles. The highest BCUT2D eigenvalue weighted by atomic mass is 35.5. The van der Waals surface area contributed by atoms with E-state index in [0.29, 0.717) is 28.4 Å². The van der Waals surface area contributed by atoms with Gasteiger partial charge in [0.1, 0.15) is 11.4 Å².